The number of fused-ring (bicyclic) bond motifs is 1. The molecule has 0 aliphatic carbocycles. The largest absolute Gasteiger partial charge is 0.335 e. The van der Waals surface area contributed by atoms with Crippen molar-refractivity contribution in [1.82, 2.24) is 24.9 Å². The molecule has 3 heterocycles. The number of hydrogen-bond acceptors (Lipinski definition) is 4. The molecule has 0 unspecified atom stereocenters. The lowest BCUT2D eigenvalue weighted by Gasteiger charge is -2.27. The van der Waals surface area contributed by atoms with Crippen molar-refractivity contribution in [2.75, 3.05) is 32.7 Å². The third-order valence-corrected chi connectivity index (χ3v) is 4.90. The first-order valence-corrected chi connectivity index (χ1v) is 9.45. The minimum Gasteiger partial charge on any atom is -0.335 e. The van der Waals surface area contributed by atoms with Crippen LogP contribution in [0.25, 0.3) is 0 Å². The van der Waals surface area contributed by atoms with Gasteiger partial charge in [-0.2, -0.15) is 5.10 Å². The van der Waals surface area contributed by atoms with Crippen LogP contribution in [-0.2, 0) is 13.1 Å². The molecule has 0 saturated carbocycles. The van der Waals surface area contributed by atoms with Gasteiger partial charge in [0.15, 0.2) is 5.69 Å². The van der Waals surface area contributed by atoms with Crippen LogP contribution in [0.5, 0.6) is 0 Å². The molecule has 1 amide bonds. The van der Waals surface area contributed by atoms with Crippen molar-refractivity contribution in [2.24, 2.45) is 0 Å². The highest BCUT2D eigenvalue weighted by Gasteiger charge is 2.28. The van der Waals surface area contributed by atoms with E-state index in [1.807, 2.05) is 23.4 Å². The molecule has 0 spiro atoms. The van der Waals surface area contributed by atoms with Crippen molar-refractivity contribution in [3.63, 3.8) is 0 Å². The van der Waals surface area contributed by atoms with E-state index in [9.17, 15) is 4.79 Å². The van der Waals surface area contributed by atoms with Crippen LogP contribution in [0.2, 0.25) is 5.02 Å². The summed E-state index contributed by atoms with van der Waals surface area (Å²) in [4.78, 5) is 16.9. The molecule has 0 bridgehead atoms. The van der Waals surface area contributed by atoms with Crippen molar-refractivity contribution in [1.29, 1.82) is 0 Å². The molecule has 0 aromatic carbocycles. The minimum atomic E-state index is -0.0387. The number of piperazine rings is 1. The van der Waals surface area contributed by atoms with Crippen molar-refractivity contribution < 1.29 is 4.79 Å². The lowest BCUT2D eigenvalue weighted by atomic mass is 10.2. The lowest BCUT2D eigenvalue weighted by molar-refractivity contribution is 0.0729. The highest BCUT2D eigenvalue weighted by molar-refractivity contribution is 6.34. The molecule has 24 heavy (non-hydrogen) atoms. The SMILES string of the molecule is CC.CC(C)N1CCCn2nc(C(=O)N3CCNCC3)c(Cl)c2C1. The maximum absolute atomic E-state index is 12.7. The van der Waals surface area contributed by atoms with E-state index >= 15 is 0 Å². The molecule has 1 fully saturated rings. The van der Waals surface area contributed by atoms with E-state index in [-0.39, 0.29) is 5.91 Å². The van der Waals surface area contributed by atoms with Crippen LogP contribution in [-0.4, -0.2) is 64.3 Å². The van der Waals surface area contributed by atoms with Gasteiger partial charge in [0.05, 0.1) is 10.7 Å². The van der Waals surface area contributed by atoms with Crippen molar-refractivity contribution >= 4 is 17.5 Å². The molecule has 1 N–H and O–H groups in total. The van der Waals surface area contributed by atoms with E-state index in [4.69, 9.17) is 11.6 Å². The molecule has 3 rings (SSSR count). The number of amides is 1. The van der Waals surface area contributed by atoms with Gasteiger partial charge < -0.3 is 10.2 Å². The van der Waals surface area contributed by atoms with Gasteiger partial charge in [-0.25, -0.2) is 0 Å². The van der Waals surface area contributed by atoms with Gasteiger partial charge in [-0.1, -0.05) is 25.4 Å². The molecule has 2 aliphatic rings. The van der Waals surface area contributed by atoms with Gasteiger partial charge in [-0.05, 0) is 20.3 Å². The number of aromatic nitrogens is 2. The Morgan fingerprint density at radius 3 is 2.46 bits per heavy atom. The smallest absolute Gasteiger partial charge is 0.276 e. The average molecular weight is 356 g/mol. The standard InChI is InChI=1S/C15H24ClN5O.C2H6/c1-11(2)20-6-3-7-21-12(10-20)13(16)14(18-21)15(22)19-8-4-17-5-9-19;1-2/h11,17H,3-10H2,1-2H3;1-2H3. The zero-order valence-corrected chi connectivity index (χ0v) is 16.1. The van der Waals surface area contributed by atoms with Crippen LogP contribution in [0.15, 0.2) is 0 Å². The number of carbonyl (C=O) groups excluding carboxylic acids is 1. The molecule has 1 saturated heterocycles. The number of halogens is 1. The normalized spacial score (nSPS) is 18.7. The number of rotatable bonds is 2. The second-order valence-corrected chi connectivity index (χ2v) is 6.67. The Hall–Kier alpha value is -1.11. The summed E-state index contributed by atoms with van der Waals surface area (Å²) in [5.74, 6) is -0.0387. The quantitative estimate of drug-likeness (QED) is 0.883. The van der Waals surface area contributed by atoms with E-state index in [0.29, 0.717) is 16.8 Å². The Bertz CT molecular complexity index is 551. The fourth-order valence-electron chi connectivity index (χ4n) is 3.10. The highest BCUT2D eigenvalue weighted by atomic mass is 35.5. The third-order valence-electron chi connectivity index (χ3n) is 4.50. The number of nitrogens with one attached hydrogen (secondary N) is 1. The third kappa shape index (κ3) is 4.10. The zero-order valence-electron chi connectivity index (χ0n) is 15.3. The van der Waals surface area contributed by atoms with Crippen molar-refractivity contribution in [3.8, 4) is 0 Å². The fourth-order valence-corrected chi connectivity index (χ4v) is 3.38. The summed E-state index contributed by atoms with van der Waals surface area (Å²) in [6.45, 7) is 14.1. The van der Waals surface area contributed by atoms with Gasteiger partial charge in [0.2, 0.25) is 0 Å². The van der Waals surface area contributed by atoms with Gasteiger partial charge in [0.1, 0.15) is 0 Å². The molecule has 7 heteroatoms. The van der Waals surface area contributed by atoms with E-state index in [1.54, 1.807) is 0 Å². The van der Waals surface area contributed by atoms with Crippen LogP contribution in [0.3, 0.4) is 0 Å². The van der Waals surface area contributed by atoms with Crippen LogP contribution in [0.4, 0.5) is 0 Å². The van der Waals surface area contributed by atoms with Gasteiger partial charge in [-0.15, -0.1) is 0 Å². The summed E-state index contributed by atoms with van der Waals surface area (Å²) in [6, 6.07) is 0.463. The number of aryl methyl sites for hydroxylation is 1. The number of nitrogens with zero attached hydrogens (tertiary/aromatic N) is 4. The summed E-state index contributed by atoms with van der Waals surface area (Å²) in [5.41, 5.74) is 1.40. The predicted molar refractivity (Wildman–Crippen MR) is 97.5 cm³/mol. The van der Waals surface area contributed by atoms with E-state index in [0.717, 1.165) is 57.9 Å². The maximum Gasteiger partial charge on any atom is 0.276 e. The molecule has 0 atom stereocenters. The van der Waals surface area contributed by atoms with E-state index in [2.05, 4.69) is 29.2 Å². The molecule has 1 aromatic heterocycles. The molecule has 2 aliphatic heterocycles. The average Bonchev–Trinajstić information content (AvgIpc) is 2.79. The maximum atomic E-state index is 12.7. The fraction of sp³-hybridized carbons (Fsp3) is 0.765. The van der Waals surface area contributed by atoms with Gasteiger partial charge in [0.25, 0.3) is 5.91 Å². The molecular formula is C17H30ClN5O. The second kappa shape index (κ2) is 8.83. The first kappa shape index (κ1) is 19.2. The summed E-state index contributed by atoms with van der Waals surface area (Å²) < 4.78 is 1.93. The van der Waals surface area contributed by atoms with Crippen LogP contribution in [0.1, 0.15) is 50.3 Å². The molecule has 0 radical (unpaired) electrons. The molecule has 136 valence electrons. The zero-order chi connectivity index (χ0) is 17.7. The number of hydrogen-bond donors (Lipinski definition) is 1. The summed E-state index contributed by atoms with van der Waals surface area (Å²) in [5, 5.41) is 8.32. The van der Waals surface area contributed by atoms with E-state index < -0.39 is 0 Å². The molecule has 1 aromatic rings. The monoisotopic (exact) mass is 355 g/mol. The molecule has 6 nitrogen and oxygen atoms in total. The van der Waals surface area contributed by atoms with Crippen LogP contribution < -0.4 is 5.32 Å². The van der Waals surface area contributed by atoms with Gasteiger partial charge in [-0.3, -0.25) is 14.4 Å². The summed E-state index contributed by atoms with van der Waals surface area (Å²) in [7, 11) is 0. The van der Waals surface area contributed by atoms with Gasteiger partial charge in [0, 0.05) is 51.9 Å². The number of carbonyl (C=O) groups is 1. The first-order chi connectivity index (χ1) is 11.6. The highest BCUT2D eigenvalue weighted by Crippen LogP contribution is 2.26. The lowest BCUT2D eigenvalue weighted by Crippen LogP contribution is -2.46. The first-order valence-electron chi connectivity index (χ1n) is 9.07. The predicted octanol–water partition coefficient (Wildman–Crippen LogP) is 2.22. The summed E-state index contributed by atoms with van der Waals surface area (Å²) >= 11 is 6.53. The second-order valence-electron chi connectivity index (χ2n) is 6.29. The Balaban J connectivity index is 0.00000100. The Morgan fingerprint density at radius 1 is 1.17 bits per heavy atom. The minimum absolute atomic E-state index is 0.0387. The summed E-state index contributed by atoms with van der Waals surface area (Å²) in [6.07, 6.45) is 1.03. The van der Waals surface area contributed by atoms with Crippen molar-refractivity contribution in [2.45, 2.75) is 53.2 Å². The van der Waals surface area contributed by atoms with Crippen LogP contribution in [0, 0.1) is 0 Å². The topological polar surface area (TPSA) is 53.4 Å². The van der Waals surface area contributed by atoms with Gasteiger partial charge >= 0.3 is 0 Å². The van der Waals surface area contributed by atoms with E-state index in [1.165, 1.54) is 0 Å². The van der Waals surface area contributed by atoms with Crippen molar-refractivity contribution in [3.05, 3.63) is 16.4 Å². The Kier molecular flexibility index (Phi) is 7.07. The Labute approximate surface area is 150 Å². The molecular weight excluding hydrogens is 326 g/mol. The van der Waals surface area contributed by atoms with Crippen LogP contribution >= 0.6 is 11.6 Å². The Morgan fingerprint density at radius 2 is 1.83 bits per heavy atom.